The Balaban J connectivity index is 1.90. The molecule has 2 aromatic carbocycles. The van der Waals surface area contributed by atoms with E-state index >= 15 is 0 Å². The van der Waals surface area contributed by atoms with E-state index in [2.05, 4.69) is 5.32 Å². The molecule has 4 rings (SSSR count). The van der Waals surface area contributed by atoms with Gasteiger partial charge in [-0.3, -0.25) is 14.4 Å². The van der Waals surface area contributed by atoms with Crippen molar-refractivity contribution in [2.45, 2.75) is 0 Å². The lowest BCUT2D eigenvalue weighted by Gasteiger charge is -2.16. The topological polar surface area (TPSA) is 95.5 Å². The Morgan fingerprint density at radius 2 is 1.59 bits per heavy atom. The summed E-state index contributed by atoms with van der Waals surface area (Å²) in [5.74, 6) is 0.527. The molecule has 2 heterocycles. The highest BCUT2D eigenvalue weighted by atomic mass is 16.5. The average molecular weight is 391 g/mol. The van der Waals surface area contributed by atoms with Crippen LogP contribution in [0.2, 0.25) is 0 Å². The molecule has 0 fully saturated rings. The average Bonchev–Trinajstić information content (AvgIpc) is 3.27. The molecule has 0 saturated carbocycles. The molecule has 8 heteroatoms. The molecule has 0 atom stereocenters. The van der Waals surface area contributed by atoms with E-state index in [4.69, 9.17) is 9.15 Å². The zero-order valence-corrected chi connectivity index (χ0v) is 15.7. The molecule has 0 radical (unpaired) electrons. The van der Waals surface area contributed by atoms with Gasteiger partial charge in [0.15, 0.2) is 11.5 Å². The Bertz CT molecular complexity index is 1320. The second-order valence-electron chi connectivity index (χ2n) is 6.41. The molecule has 0 unspecified atom stereocenters. The second-order valence-corrected chi connectivity index (χ2v) is 6.41. The van der Waals surface area contributed by atoms with E-state index in [9.17, 15) is 14.4 Å². The van der Waals surface area contributed by atoms with Crippen molar-refractivity contribution >= 4 is 22.6 Å². The highest BCUT2D eigenvalue weighted by Gasteiger charge is 2.17. The standard InChI is InChI=1S/C21H17N3O5/c1-23-15-11-14(22-19(25)17-9-6-10-28-17)18(29-13-7-4-3-5-8-13)12-16(15)24(2)21(27)20(23)26/h3-12H,1-2H3,(H,22,25). The molecule has 8 nitrogen and oxygen atoms in total. The fourth-order valence-corrected chi connectivity index (χ4v) is 2.99. The maximum atomic E-state index is 12.5. The Morgan fingerprint density at radius 3 is 2.21 bits per heavy atom. The zero-order chi connectivity index (χ0) is 20.5. The smallest absolute Gasteiger partial charge is 0.316 e. The summed E-state index contributed by atoms with van der Waals surface area (Å²) in [6.07, 6.45) is 1.40. The van der Waals surface area contributed by atoms with Gasteiger partial charge in [0.1, 0.15) is 5.75 Å². The Hall–Kier alpha value is -4.07. The minimum absolute atomic E-state index is 0.130. The first-order chi connectivity index (χ1) is 14.0. The van der Waals surface area contributed by atoms with Gasteiger partial charge >= 0.3 is 11.1 Å². The van der Waals surface area contributed by atoms with E-state index in [-0.39, 0.29) is 5.76 Å². The molecule has 0 spiro atoms. The van der Waals surface area contributed by atoms with Crippen molar-refractivity contribution in [3.05, 3.63) is 87.3 Å². The van der Waals surface area contributed by atoms with Gasteiger partial charge in [-0.25, -0.2) is 0 Å². The summed E-state index contributed by atoms with van der Waals surface area (Å²) in [5, 5.41) is 2.75. The van der Waals surface area contributed by atoms with Crippen LogP contribution < -0.4 is 21.2 Å². The maximum Gasteiger partial charge on any atom is 0.316 e. The number of aryl methyl sites for hydroxylation is 2. The lowest BCUT2D eigenvalue weighted by Crippen LogP contribution is -2.39. The van der Waals surface area contributed by atoms with E-state index < -0.39 is 17.0 Å². The third kappa shape index (κ3) is 3.31. The van der Waals surface area contributed by atoms with Gasteiger partial charge in [0.2, 0.25) is 0 Å². The van der Waals surface area contributed by atoms with Gasteiger partial charge in [-0.15, -0.1) is 0 Å². The molecule has 4 aromatic rings. The number of hydrogen-bond acceptors (Lipinski definition) is 5. The van der Waals surface area contributed by atoms with E-state index in [0.29, 0.717) is 28.2 Å². The van der Waals surface area contributed by atoms with Crippen LogP contribution in [0.25, 0.3) is 11.0 Å². The van der Waals surface area contributed by atoms with Crippen molar-refractivity contribution < 1.29 is 13.9 Å². The monoisotopic (exact) mass is 391 g/mol. The van der Waals surface area contributed by atoms with E-state index in [0.717, 1.165) is 0 Å². The fraction of sp³-hybridized carbons (Fsp3) is 0.0952. The van der Waals surface area contributed by atoms with Crippen LogP contribution in [-0.2, 0) is 14.1 Å². The lowest BCUT2D eigenvalue weighted by atomic mass is 10.2. The number of aromatic nitrogens is 2. The highest BCUT2D eigenvalue weighted by Crippen LogP contribution is 2.33. The van der Waals surface area contributed by atoms with Gasteiger partial charge in [-0.1, -0.05) is 18.2 Å². The Morgan fingerprint density at radius 1 is 0.931 bits per heavy atom. The van der Waals surface area contributed by atoms with Crippen LogP contribution in [0.15, 0.2) is 74.9 Å². The van der Waals surface area contributed by atoms with Crippen molar-refractivity contribution in [2.24, 2.45) is 14.1 Å². The number of ether oxygens (including phenoxy) is 1. The molecular weight excluding hydrogens is 374 g/mol. The van der Waals surface area contributed by atoms with Crippen molar-refractivity contribution in [2.75, 3.05) is 5.32 Å². The van der Waals surface area contributed by atoms with Crippen LogP contribution in [0.5, 0.6) is 11.5 Å². The number of fused-ring (bicyclic) bond motifs is 1. The summed E-state index contributed by atoms with van der Waals surface area (Å²) in [7, 11) is 3.02. The Labute approximate surface area is 164 Å². The summed E-state index contributed by atoms with van der Waals surface area (Å²) < 4.78 is 13.6. The van der Waals surface area contributed by atoms with Gasteiger partial charge in [-0.2, -0.15) is 0 Å². The number of carbonyl (C=O) groups is 1. The maximum absolute atomic E-state index is 12.5. The normalized spacial score (nSPS) is 10.8. The minimum Gasteiger partial charge on any atom is -0.459 e. The van der Waals surface area contributed by atoms with Gasteiger partial charge < -0.3 is 23.6 Å². The molecule has 0 aliphatic rings. The highest BCUT2D eigenvalue weighted by molar-refractivity contribution is 6.04. The molecule has 29 heavy (non-hydrogen) atoms. The summed E-state index contributed by atoms with van der Waals surface area (Å²) in [6, 6.07) is 15.4. The molecule has 0 saturated heterocycles. The van der Waals surface area contributed by atoms with Gasteiger partial charge in [0.05, 0.1) is 23.0 Å². The SMILES string of the molecule is Cn1c(=O)c(=O)n(C)c2cc(Oc3ccccc3)c(NC(=O)c3ccco3)cc21. The molecule has 0 aliphatic heterocycles. The van der Waals surface area contributed by atoms with Crippen LogP contribution in [0.4, 0.5) is 5.69 Å². The number of para-hydroxylation sites is 1. The minimum atomic E-state index is -0.667. The largest absolute Gasteiger partial charge is 0.459 e. The van der Waals surface area contributed by atoms with Crippen molar-refractivity contribution in [3.8, 4) is 11.5 Å². The number of benzene rings is 2. The Kier molecular flexibility index (Phi) is 4.52. The first-order valence-corrected chi connectivity index (χ1v) is 8.77. The number of furan rings is 1. The summed E-state index contributed by atoms with van der Waals surface area (Å²) >= 11 is 0. The number of hydrogen-bond donors (Lipinski definition) is 1. The summed E-state index contributed by atoms with van der Waals surface area (Å²) in [5.41, 5.74) is -0.0410. The van der Waals surface area contributed by atoms with Crippen LogP contribution >= 0.6 is 0 Å². The molecule has 1 N–H and O–H groups in total. The second kappa shape index (κ2) is 7.16. The quantitative estimate of drug-likeness (QED) is 0.540. The molecule has 0 aliphatic carbocycles. The van der Waals surface area contributed by atoms with Crippen LogP contribution in [0.3, 0.4) is 0 Å². The van der Waals surface area contributed by atoms with Crippen molar-refractivity contribution in [1.29, 1.82) is 0 Å². The third-order valence-corrected chi connectivity index (χ3v) is 4.56. The number of nitrogens with zero attached hydrogens (tertiary/aromatic N) is 2. The zero-order valence-electron chi connectivity index (χ0n) is 15.7. The van der Waals surface area contributed by atoms with Crippen LogP contribution in [0.1, 0.15) is 10.6 Å². The first kappa shape index (κ1) is 18.3. The van der Waals surface area contributed by atoms with Gasteiger partial charge in [0, 0.05) is 20.2 Å². The number of rotatable bonds is 4. The predicted molar refractivity (Wildman–Crippen MR) is 108 cm³/mol. The number of carbonyl (C=O) groups excluding carboxylic acids is 1. The third-order valence-electron chi connectivity index (χ3n) is 4.56. The van der Waals surface area contributed by atoms with E-state index in [1.165, 1.54) is 35.6 Å². The summed E-state index contributed by atoms with van der Waals surface area (Å²) in [6.45, 7) is 0. The fourth-order valence-electron chi connectivity index (χ4n) is 2.99. The molecule has 146 valence electrons. The molecule has 1 amide bonds. The van der Waals surface area contributed by atoms with E-state index in [1.54, 1.807) is 30.3 Å². The van der Waals surface area contributed by atoms with Crippen molar-refractivity contribution in [3.63, 3.8) is 0 Å². The predicted octanol–water partition coefficient (Wildman–Crippen LogP) is 2.87. The van der Waals surface area contributed by atoms with E-state index in [1.807, 2.05) is 18.2 Å². The van der Waals surface area contributed by atoms with Crippen LogP contribution in [-0.4, -0.2) is 15.0 Å². The van der Waals surface area contributed by atoms with Crippen molar-refractivity contribution in [1.82, 2.24) is 9.13 Å². The molecule has 2 aromatic heterocycles. The summed E-state index contributed by atoms with van der Waals surface area (Å²) in [4.78, 5) is 36.9. The van der Waals surface area contributed by atoms with Gasteiger partial charge in [0.25, 0.3) is 5.91 Å². The molecular formula is C21H17N3O5. The van der Waals surface area contributed by atoms with Crippen LogP contribution in [0, 0.1) is 0 Å². The molecule has 0 bridgehead atoms. The lowest BCUT2D eigenvalue weighted by molar-refractivity contribution is 0.0996. The number of amides is 1. The number of anilines is 1. The van der Waals surface area contributed by atoms with Gasteiger partial charge in [-0.05, 0) is 30.3 Å². The number of nitrogens with one attached hydrogen (secondary N) is 1. The first-order valence-electron chi connectivity index (χ1n) is 8.77.